The van der Waals surface area contributed by atoms with Gasteiger partial charge in [-0.25, -0.2) is 0 Å². The van der Waals surface area contributed by atoms with Crippen molar-refractivity contribution in [2.24, 2.45) is 5.41 Å². The average Bonchev–Trinajstić information content (AvgIpc) is 2.02. The molecule has 0 radical (unpaired) electrons. The van der Waals surface area contributed by atoms with Crippen LogP contribution >= 0.6 is 0 Å². The second-order valence-corrected chi connectivity index (χ2v) is 3.95. The number of allylic oxidation sites excluding steroid dienone is 2. The second kappa shape index (κ2) is 4.56. The Balaban J connectivity index is 4.62. The number of aliphatic hydroxyl groups excluding tert-OH is 1. The molecule has 0 aliphatic carbocycles. The maximum Gasteiger partial charge on any atom is 0.194 e. The fourth-order valence-electron chi connectivity index (χ4n) is 0.601. The summed E-state index contributed by atoms with van der Waals surface area (Å²) in [7, 11) is 0. The van der Waals surface area contributed by atoms with Gasteiger partial charge in [-0.3, -0.25) is 10.2 Å². The van der Waals surface area contributed by atoms with E-state index in [9.17, 15) is 9.90 Å². The molecule has 0 fully saturated rings. The average molecular weight is 194 g/mol. The van der Waals surface area contributed by atoms with Crippen LogP contribution in [0.3, 0.4) is 0 Å². The lowest BCUT2D eigenvalue weighted by Crippen LogP contribution is -2.15. The molecule has 0 rings (SSSR count). The standard InChI is InChI=1S/C10H14N2O2/c1-10(2,3)9(14)6-7(12)8(13)4-5-11/h6,12,14H,4H2,1-3H3/b9-6-,12-7?. The minimum absolute atomic E-state index is 0.0335. The Morgan fingerprint density at radius 2 is 2.07 bits per heavy atom. The molecule has 0 aliphatic heterocycles. The molecule has 2 N–H and O–H groups in total. The number of hydrogen-bond acceptors (Lipinski definition) is 4. The maximum absolute atomic E-state index is 11.0. The molecule has 0 aromatic rings. The molecule has 4 nitrogen and oxygen atoms in total. The number of hydrogen-bond donors (Lipinski definition) is 2. The minimum Gasteiger partial charge on any atom is -0.512 e. The summed E-state index contributed by atoms with van der Waals surface area (Å²) in [5, 5.41) is 25.0. The van der Waals surface area contributed by atoms with Gasteiger partial charge < -0.3 is 5.11 Å². The normalized spacial score (nSPS) is 12.0. The quantitative estimate of drug-likeness (QED) is 0.532. The molecule has 0 heterocycles. The van der Waals surface area contributed by atoms with Crippen molar-refractivity contribution in [3.63, 3.8) is 0 Å². The van der Waals surface area contributed by atoms with Gasteiger partial charge in [0.05, 0.1) is 11.8 Å². The Morgan fingerprint density at radius 3 is 2.43 bits per heavy atom. The molecular formula is C10H14N2O2. The van der Waals surface area contributed by atoms with Gasteiger partial charge in [-0.05, 0) is 0 Å². The number of carbonyl (C=O) groups excluding carboxylic acids is 1. The molecule has 0 unspecified atom stereocenters. The van der Waals surface area contributed by atoms with Crippen molar-refractivity contribution in [1.82, 2.24) is 0 Å². The molecule has 0 atom stereocenters. The molecule has 0 amide bonds. The van der Waals surface area contributed by atoms with Gasteiger partial charge in [-0.15, -0.1) is 0 Å². The van der Waals surface area contributed by atoms with E-state index in [1.165, 1.54) is 0 Å². The third kappa shape index (κ3) is 3.85. The zero-order valence-electron chi connectivity index (χ0n) is 8.59. The van der Waals surface area contributed by atoms with Gasteiger partial charge in [0, 0.05) is 11.5 Å². The fraction of sp³-hybridized carbons (Fsp3) is 0.500. The van der Waals surface area contributed by atoms with Gasteiger partial charge in [0.15, 0.2) is 5.78 Å². The lowest BCUT2D eigenvalue weighted by molar-refractivity contribution is -0.112. The summed E-state index contributed by atoms with van der Waals surface area (Å²) in [6.45, 7) is 5.29. The van der Waals surface area contributed by atoms with Crippen LogP contribution in [0.5, 0.6) is 0 Å². The molecule has 0 spiro atoms. The summed E-state index contributed by atoms with van der Waals surface area (Å²) >= 11 is 0. The van der Waals surface area contributed by atoms with Crippen LogP contribution in [0.1, 0.15) is 27.2 Å². The van der Waals surface area contributed by atoms with Gasteiger partial charge >= 0.3 is 0 Å². The van der Waals surface area contributed by atoms with E-state index in [2.05, 4.69) is 0 Å². The van der Waals surface area contributed by atoms with Crippen molar-refractivity contribution < 1.29 is 9.90 Å². The Labute approximate surface area is 83.4 Å². The first-order chi connectivity index (χ1) is 6.29. The van der Waals surface area contributed by atoms with E-state index in [1.54, 1.807) is 26.8 Å². The highest BCUT2D eigenvalue weighted by molar-refractivity contribution is 6.43. The van der Waals surface area contributed by atoms with Crippen molar-refractivity contribution in [2.75, 3.05) is 0 Å². The second-order valence-electron chi connectivity index (χ2n) is 3.95. The molecule has 0 bridgehead atoms. The monoisotopic (exact) mass is 194 g/mol. The van der Waals surface area contributed by atoms with Crippen LogP contribution in [0, 0.1) is 22.2 Å². The SMILES string of the molecule is CC(C)(C)/C(O)=C/C(=N)C(=O)CC#N. The van der Waals surface area contributed by atoms with E-state index in [4.69, 9.17) is 10.7 Å². The van der Waals surface area contributed by atoms with Gasteiger partial charge in [-0.2, -0.15) is 5.26 Å². The number of carbonyl (C=O) groups is 1. The Hall–Kier alpha value is -1.63. The van der Waals surface area contributed by atoms with E-state index >= 15 is 0 Å². The first kappa shape index (κ1) is 12.4. The predicted molar refractivity (Wildman–Crippen MR) is 53.1 cm³/mol. The van der Waals surface area contributed by atoms with Crippen molar-refractivity contribution in [2.45, 2.75) is 27.2 Å². The molecule has 14 heavy (non-hydrogen) atoms. The molecule has 0 aromatic carbocycles. The molecule has 0 saturated heterocycles. The Morgan fingerprint density at radius 1 is 1.57 bits per heavy atom. The number of nitrogens with zero attached hydrogens (tertiary/aromatic N) is 1. The van der Waals surface area contributed by atoms with Crippen LogP contribution in [-0.2, 0) is 4.79 Å². The summed E-state index contributed by atoms with van der Waals surface area (Å²) in [5.41, 5.74) is -0.821. The fourth-order valence-corrected chi connectivity index (χ4v) is 0.601. The van der Waals surface area contributed by atoms with Crippen LogP contribution in [0.15, 0.2) is 11.8 Å². The van der Waals surface area contributed by atoms with Crippen LogP contribution in [0.4, 0.5) is 0 Å². The highest BCUT2D eigenvalue weighted by Gasteiger charge is 2.17. The number of rotatable bonds is 3. The number of nitriles is 1. The van der Waals surface area contributed by atoms with Gasteiger partial charge in [-0.1, -0.05) is 20.8 Å². The summed E-state index contributed by atoms with van der Waals surface area (Å²) in [5.74, 6) is -0.614. The highest BCUT2D eigenvalue weighted by Crippen LogP contribution is 2.22. The molecule has 4 heteroatoms. The van der Waals surface area contributed by atoms with E-state index < -0.39 is 11.2 Å². The van der Waals surface area contributed by atoms with Crippen LogP contribution in [0.25, 0.3) is 0 Å². The minimum atomic E-state index is -0.580. The summed E-state index contributed by atoms with van der Waals surface area (Å²) in [6.07, 6.45) is 0.770. The topological polar surface area (TPSA) is 84.9 Å². The zero-order chi connectivity index (χ0) is 11.4. The maximum atomic E-state index is 11.0. The highest BCUT2D eigenvalue weighted by atomic mass is 16.3. The number of Topliss-reactive ketones (excluding diaryl/α,β-unsaturated/α-hetero) is 1. The first-order valence-corrected chi connectivity index (χ1v) is 4.19. The molecule has 0 aromatic heterocycles. The van der Waals surface area contributed by atoms with E-state index in [1.807, 2.05) is 0 Å². The Bertz CT molecular complexity index is 316. The zero-order valence-corrected chi connectivity index (χ0v) is 8.59. The lowest BCUT2D eigenvalue weighted by atomic mass is 9.92. The predicted octanol–water partition coefficient (Wildman–Crippen LogP) is 1.98. The number of ketones is 1. The summed E-state index contributed by atoms with van der Waals surface area (Å²) < 4.78 is 0. The smallest absolute Gasteiger partial charge is 0.194 e. The number of aliphatic hydroxyl groups is 1. The summed E-state index contributed by atoms with van der Waals surface area (Å²) in [6, 6.07) is 1.66. The van der Waals surface area contributed by atoms with Crippen LogP contribution < -0.4 is 0 Å². The molecule has 76 valence electrons. The third-order valence-corrected chi connectivity index (χ3v) is 1.59. The Kier molecular flexibility index (Phi) is 4.03. The van der Waals surface area contributed by atoms with Crippen molar-refractivity contribution in [3.05, 3.63) is 11.8 Å². The lowest BCUT2D eigenvalue weighted by Gasteiger charge is -2.16. The molecule has 0 aliphatic rings. The van der Waals surface area contributed by atoms with E-state index in [0.29, 0.717) is 0 Å². The largest absolute Gasteiger partial charge is 0.512 e. The third-order valence-electron chi connectivity index (χ3n) is 1.59. The number of nitrogens with one attached hydrogen (secondary N) is 1. The molecule has 0 saturated carbocycles. The van der Waals surface area contributed by atoms with Crippen LogP contribution in [0.2, 0.25) is 0 Å². The van der Waals surface area contributed by atoms with Crippen molar-refractivity contribution in [1.29, 1.82) is 10.7 Å². The summed E-state index contributed by atoms with van der Waals surface area (Å²) in [4.78, 5) is 11.0. The van der Waals surface area contributed by atoms with E-state index in [0.717, 1.165) is 6.08 Å². The van der Waals surface area contributed by atoms with Gasteiger partial charge in [0.1, 0.15) is 12.1 Å². The van der Waals surface area contributed by atoms with Gasteiger partial charge in [0.2, 0.25) is 0 Å². The first-order valence-electron chi connectivity index (χ1n) is 4.19. The van der Waals surface area contributed by atoms with Gasteiger partial charge in [0.25, 0.3) is 0 Å². The van der Waals surface area contributed by atoms with Crippen molar-refractivity contribution >= 4 is 11.5 Å². The van der Waals surface area contributed by atoms with E-state index in [-0.39, 0.29) is 17.9 Å². The van der Waals surface area contributed by atoms with Crippen LogP contribution in [-0.4, -0.2) is 16.6 Å². The molecular weight excluding hydrogens is 180 g/mol. The van der Waals surface area contributed by atoms with Crippen molar-refractivity contribution in [3.8, 4) is 6.07 Å².